The Bertz CT molecular complexity index is 286. The normalized spacial score (nSPS) is 12.7. The third-order valence-electron chi connectivity index (χ3n) is 2.39. The van der Waals surface area contributed by atoms with E-state index in [-0.39, 0.29) is 0 Å². The molecule has 1 atom stereocenters. The predicted octanol–water partition coefficient (Wildman–Crippen LogP) is 2.90. The van der Waals surface area contributed by atoms with Crippen molar-refractivity contribution < 1.29 is 4.74 Å². The van der Waals surface area contributed by atoms with E-state index in [2.05, 4.69) is 24.4 Å². The Hall–Kier alpha value is -0.570. The van der Waals surface area contributed by atoms with Crippen molar-refractivity contribution in [1.82, 2.24) is 5.32 Å². The van der Waals surface area contributed by atoms with E-state index in [9.17, 15) is 0 Å². The van der Waals surface area contributed by atoms with E-state index in [4.69, 9.17) is 16.3 Å². The summed E-state index contributed by atoms with van der Waals surface area (Å²) in [7, 11) is 0. The van der Waals surface area contributed by atoms with Crippen LogP contribution in [0.5, 0.6) is 0 Å². The molecule has 90 valence electrons. The highest BCUT2D eigenvalue weighted by Gasteiger charge is 2.00. The summed E-state index contributed by atoms with van der Waals surface area (Å²) in [6.45, 7) is 6.67. The Morgan fingerprint density at radius 2 is 2.00 bits per heavy atom. The van der Waals surface area contributed by atoms with Gasteiger partial charge in [-0.3, -0.25) is 0 Å². The maximum atomic E-state index is 5.82. The Kier molecular flexibility index (Phi) is 6.46. The second-order valence-corrected chi connectivity index (χ2v) is 4.33. The molecule has 1 N–H and O–H groups in total. The molecule has 1 aromatic carbocycles. The lowest BCUT2D eigenvalue weighted by molar-refractivity contribution is 0.127. The summed E-state index contributed by atoms with van der Waals surface area (Å²) in [5.74, 6) is 0. The van der Waals surface area contributed by atoms with Crippen molar-refractivity contribution in [3.8, 4) is 0 Å². The molecule has 0 amide bonds. The minimum atomic E-state index is 0.409. The second kappa shape index (κ2) is 7.66. The largest absolute Gasteiger partial charge is 0.380 e. The number of halogens is 1. The quantitative estimate of drug-likeness (QED) is 0.793. The molecule has 2 nitrogen and oxygen atoms in total. The lowest BCUT2D eigenvalue weighted by Gasteiger charge is -2.13. The smallest absolute Gasteiger partial charge is 0.0616 e. The first-order valence-electron chi connectivity index (χ1n) is 5.78. The zero-order valence-corrected chi connectivity index (χ0v) is 10.8. The second-order valence-electron chi connectivity index (χ2n) is 3.89. The molecule has 16 heavy (non-hydrogen) atoms. The zero-order chi connectivity index (χ0) is 11.8. The van der Waals surface area contributed by atoms with Gasteiger partial charge >= 0.3 is 0 Å². The Morgan fingerprint density at radius 1 is 1.31 bits per heavy atom. The van der Waals surface area contributed by atoms with E-state index < -0.39 is 0 Å². The lowest BCUT2D eigenvalue weighted by atomic mass is 10.1. The van der Waals surface area contributed by atoms with E-state index in [0.717, 1.165) is 31.2 Å². The number of rotatable bonds is 7. The maximum Gasteiger partial charge on any atom is 0.0616 e. The van der Waals surface area contributed by atoms with Crippen LogP contribution in [0.3, 0.4) is 0 Å². The van der Waals surface area contributed by atoms with Crippen molar-refractivity contribution in [3.63, 3.8) is 0 Å². The van der Waals surface area contributed by atoms with Gasteiger partial charge in [0.1, 0.15) is 0 Å². The number of hydrogen-bond donors (Lipinski definition) is 1. The van der Waals surface area contributed by atoms with Gasteiger partial charge in [0, 0.05) is 17.7 Å². The van der Waals surface area contributed by atoms with Crippen LogP contribution >= 0.6 is 11.6 Å². The molecule has 0 spiro atoms. The fraction of sp³-hybridized carbons (Fsp3) is 0.538. The Balaban J connectivity index is 2.17. The average molecular weight is 242 g/mol. The summed E-state index contributed by atoms with van der Waals surface area (Å²) >= 11 is 5.82. The highest BCUT2D eigenvalue weighted by Crippen LogP contribution is 2.09. The summed E-state index contributed by atoms with van der Waals surface area (Å²) in [4.78, 5) is 0. The lowest BCUT2D eigenvalue weighted by Crippen LogP contribution is -2.32. The van der Waals surface area contributed by atoms with Gasteiger partial charge in [-0.2, -0.15) is 0 Å². The standard InChI is InChI=1S/C13H20ClNO/c1-3-16-10-11(2)15-9-8-12-4-6-13(14)7-5-12/h4-7,11,15H,3,8-10H2,1-2H3. The molecule has 0 saturated carbocycles. The molecule has 0 aliphatic rings. The Labute approximate surface area is 103 Å². The first-order chi connectivity index (χ1) is 7.72. The van der Waals surface area contributed by atoms with E-state index in [0.29, 0.717) is 6.04 Å². The molecule has 1 rings (SSSR count). The minimum Gasteiger partial charge on any atom is -0.380 e. The first-order valence-corrected chi connectivity index (χ1v) is 6.15. The number of hydrogen-bond acceptors (Lipinski definition) is 2. The number of nitrogens with one attached hydrogen (secondary N) is 1. The van der Waals surface area contributed by atoms with Gasteiger partial charge in [-0.15, -0.1) is 0 Å². The summed E-state index contributed by atoms with van der Waals surface area (Å²) in [5, 5.41) is 4.22. The van der Waals surface area contributed by atoms with Gasteiger partial charge in [0.15, 0.2) is 0 Å². The molecular weight excluding hydrogens is 222 g/mol. The topological polar surface area (TPSA) is 21.3 Å². The van der Waals surface area contributed by atoms with Gasteiger partial charge in [-0.05, 0) is 44.5 Å². The molecule has 0 radical (unpaired) electrons. The Morgan fingerprint density at radius 3 is 2.62 bits per heavy atom. The van der Waals surface area contributed by atoms with Gasteiger partial charge in [-0.25, -0.2) is 0 Å². The first kappa shape index (κ1) is 13.5. The van der Waals surface area contributed by atoms with Crippen LogP contribution in [0.25, 0.3) is 0 Å². The van der Waals surface area contributed by atoms with Crippen LogP contribution in [0.15, 0.2) is 24.3 Å². The van der Waals surface area contributed by atoms with Crippen molar-refractivity contribution in [1.29, 1.82) is 0 Å². The van der Waals surface area contributed by atoms with E-state index in [1.807, 2.05) is 19.1 Å². The zero-order valence-electron chi connectivity index (χ0n) is 10.0. The fourth-order valence-electron chi connectivity index (χ4n) is 1.47. The number of ether oxygens (including phenoxy) is 1. The van der Waals surface area contributed by atoms with Crippen molar-refractivity contribution in [2.24, 2.45) is 0 Å². The van der Waals surface area contributed by atoms with Crippen LogP contribution in [0.2, 0.25) is 5.02 Å². The van der Waals surface area contributed by atoms with Gasteiger partial charge in [0.2, 0.25) is 0 Å². The molecule has 0 heterocycles. The molecular formula is C13H20ClNO. The summed E-state index contributed by atoms with van der Waals surface area (Å²) < 4.78 is 5.33. The van der Waals surface area contributed by atoms with Crippen LogP contribution in [0.4, 0.5) is 0 Å². The van der Waals surface area contributed by atoms with Crippen molar-refractivity contribution in [2.45, 2.75) is 26.3 Å². The van der Waals surface area contributed by atoms with Crippen LogP contribution in [0.1, 0.15) is 19.4 Å². The molecule has 0 fully saturated rings. The van der Waals surface area contributed by atoms with Gasteiger partial charge in [-0.1, -0.05) is 23.7 Å². The van der Waals surface area contributed by atoms with Gasteiger partial charge < -0.3 is 10.1 Å². The highest BCUT2D eigenvalue weighted by molar-refractivity contribution is 6.30. The fourth-order valence-corrected chi connectivity index (χ4v) is 1.59. The van der Waals surface area contributed by atoms with Crippen LogP contribution in [-0.2, 0) is 11.2 Å². The number of benzene rings is 1. The van der Waals surface area contributed by atoms with Crippen LogP contribution < -0.4 is 5.32 Å². The van der Waals surface area contributed by atoms with E-state index >= 15 is 0 Å². The molecule has 1 unspecified atom stereocenters. The monoisotopic (exact) mass is 241 g/mol. The molecule has 0 aliphatic carbocycles. The third-order valence-corrected chi connectivity index (χ3v) is 2.64. The van der Waals surface area contributed by atoms with E-state index in [1.165, 1.54) is 5.56 Å². The molecule has 0 aromatic heterocycles. The summed E-state index contributed by atoms with van der Waals surface area (Å²) in [6.07, 6.45) is 1.02. The van der Waals surface area contributed by atoms with Crippen LogP contribution in [0, 0.1) is 0 Å². The average Bonchev–Trinajstić information content (AvgIpc) is 2.29. The minimum absolute atomic E-state index is 0.409. The predicted molar refractivity (Wildman–Crippen MR) is 69.1 cm³/mol. The summed E-state index contributed by atoms with van der Waals surface area (Å²) in [5.41, 5.74) is 1.31. The highest BCUT2D eigenvalue weighted by atomic mass is 35.5. The molecule has 0 aliphatic heterocycles. The van der Waals surface area contributed by atoms with E-state index in [1.54, 1.807) is 0 Å². The van der Waals surface area contributed by atoms with Crippen molar-refractivity contribution in [3.05, 3.63) is 34.9 Å². The molecule has 0 bridgehead atoms. The third kappa shape index (κ3) is 5.50. The van der Waals surface area contributed by atoms with Crippen LogP contribution in [-0.4, -0.2) is 25.8 Å². The maximum absolute atomic E-state index is 5.82. The molecule has 3 heteroatoms. The van der Waals surface area contributed by atoms with Gasteiger partial charge in [0.25, 0.3) is 0 Å². The van der Waals surface area contributed by atoms with Gasteiger partial charge in [0.05, 0.1) is 6.61 Å². The molecule has 0 saturated heterocycles. The molecule has 1 aromatic rings. The SMILES string of the molecule is CCOCC(C)NCCc1ccc(Cl)cc1. The summed E-state index contributed by atoms with van der Waals surface area (Å²) in [6, 6.07) is 8.40. The van der Waals surface area contributed by atoms with Crippen molar-refractivity contribution in [2.75, 3.05) is 19.8 Å². The van der Waals surface area contributed by atoms with Crippen molar-refractivity contribution >= 4 is 11.6 Å².